The van der Waals surface area contributed by atoms with Gasteiger partial charge in [0, 0.05) is 17.5 Å². The third kappa shape index (κ3) is 4.17. The fraction of sp³-hybridized carbons (Fsp3) is 0.278. The number of rotatable bonds is 4. The fourth-order valence-electron chi connectivity index (χ4n) is 2.91. The van der Waals surface area contributed by atoms with Gasteiger partial charge in [0.05, 0.1) is 11.4 Å². The average molecular weight is 361 g/mol. The highest BCUT2D eigenvalue weighted by Crippen LogP contribution is 2.24. The Morgan fingerprint density at radius 2 is 1.96 bits per heavy atom. The Morgan fingerprint density at radius 1 is 1.20 bits per heavy atom. The van der Waals surface area contributed by atoms with Gasteiger partial charge in [-0.2, -0.15) is 0 Å². The first-order chi connectivity index (χ1) is 11.8. The summed E-state index contributed by atoms with van der Waals surface area (Å²) in [5.41, 5.74) is 9.56. The van der Waals surface area contributed by atoms with Crippen LogP contribution in [0, 0.1) is 5.82 Å². The van der Waals surface area contributed by atoms with Crippen LogP contribution in [0.4, 0.5) is 10.1 Å². The Balaban J connectivity index is 1.73. The molecule has 0 amide bonds. The van der Waals surface area contributed by atoms with E-state index in [0.29, 0.717) is 0 Å². The van der Waals surface area contributed by atoms with Crippen LogP contribution in [0.2, 0.25) is 0 Å². The Morgan fingerprint density at radius 3 is 2.72 bits per heavy atom. The van der Waals surface area contributed by atoms with Crippen molar-refractivity contribution in [3.63, 3.8) is 0 Å². The first-order valence-electron chi connectivity index (χ1n) is 8.00. The lowest BCUT2D eigenvalue weighted by atomic mass is 10.1. The van der Waals surface area contributed by atoms with Gasteiger partial charge in [0.15, 0.2) is 15.8 Å². The van der Waals surface area contributed by atoms with Crippen LogP contribution >= 0.6 is 0 Å². The number of hydrogen-bond donors (Lipinski definition) is 2. The van der Waals surface area contributed by atoms with E-state index in [0.717, 1.165) is 37.3 Å². The highest BCUT2D eigenvalue weighted by Gasteiger charge is 2.12. The van der Waals surface area contributed by atoms with Gasteiger partial charge in [-0.05, 0) is 60.7 Å². The van der Waals surface area contributed by atoms with E-state index in [9.17, 15) is 12.8 Å². The fourth-order valence-corrected chi connectivity index (χ4v) is 3.58. The Labute approximate surface area is 146 Å². The first-order valence-corrected chi connectivity index (χ1v) is 9.89. The zero-order chi connectivity index (χ0) is 18.0. The number of anilines is 1. The van der Waals surface area contributed by atoms with Crippen LogP contribution < -0.4 is 11.1 Å². The van der Waals surface area contributed by atoms with Crippen LogP contribution in [0.5, 0.6) is 0 Å². The van der Waals surface area contributed by atoms with E-state index < -0.39 is 15.7 Å². The number of nitrogens with one attached hydrogen (secondary N) is 1. The molecule has 0 aromatic heterocycles. The molecule has 0 atom stereocenters. The van der Waals surface area contributed by atoms with Crippen molar-refractivity contribution in [2.45, 2.75) is 30.7 Å². The number of guanidine groups is 1. The Kier molecular flexibility index (Phi) is 4.76. The number of benzene rings is 2. The van der Waals surface area contributed by atoms with E-state index >= 15 is 0 Å². The highest BCUT2D eigenvalue weighted by atomic mass is 32.2. The molecule has 2 aromatic rings. The molecule has 0 heterocycles. The molecule has 0 saturated carbocycles. The van der Waals surface area contributed by atoms with Gasteiger partial charge in [0.2, 0.25) is 0 Å². The Bertz CT molecular complexity index is 939. The summed E-state index contributed by atoms with van der Waals surface area (Å²) in [5.74, 6) is -0.358. The molecule has 3 rings (SSSR count). The molecule has 25 heavy (non-hydrogen) atoms. The van der Waals surface area contributed by atoms with Crippen molar-refractivity contribution in [3.05, 3.63) is 58.9 Å². The number of hydrogen-bond acceptors (Lipinski definition) is 3. The van der Waals surface area contributed by atoms with Gasteiger partial charge in [0.25, 0.3) is 0 Å². The molecule has 0 bridgehead atoms. The molecule has 5 nitrogen and oxygen atoms in total. The topological polar surface area (TPSA) is 84.5 Å². The number of nitrogens with zero attached hydrogens (tertiary/aromatic N) is 1. The van der Waals surface area contributed by atoms with Crippen molar-refractivity contribution in [3.8, 4) is 0 Å². The minimum atomic E-state index is -3.40. The average Bonchev–Trinajstić information content (AvgIpc) is 3.00. The van der Waals surface area contributed by atoms with E-state index in [1.165, 1.54) is 23.3 Å². The normalized spacial score (nSPS) is 14.4. The van der Waals surface area contributed by atoms with Crippen LogP contribution in [0.15, 0.2) is 46.3 Å². The SMILES string of the molecule is CS(=O)(=O)c1ccc(F)c(CN=C(N)Nc2ccc3c(c2)CCC3)c1. The van der Waals surface area contributed by atoms with Crippen LogP contribution in [0.3, 0.4) is 0 Å². The lowest BCUT2D eigenvalue weighted by Gasteiger charge is -2.08. The molecule has 132 valence electrons. The molecule has 0 aliphatic heterocycles. The van der Waals surface area contributed by atoms with Crippen molar-refractivity contribution in [1.82, 2.24) is 0 Å². The summed E-state index contributed by atoms with van der Waals surface area (Å²) in [7, 11) is -3.40. The molecule has 0 saturated heterocycles. The van der Waals surface area contributed by atoms with Crippen LogP contribution in [0.1, 0.15) is 23.1 Å². The second-order valence-corrected chi connectivity index (χ2v) is 8.20. The second kappa shape index (κ2) is 6.84. The highest BCUT2D eigenvalue weighted by molar-refractivity contribution is 7.90. The standard InChI is InChI=1S/C18H20FN3O2S/c1-25(23,24)16-7-8-17(19)14(10-16)11-21-18(20)22-15-6-5-12-3-2-4-13(12)9-15/h5-10H,2-4,11H2,1H3,(H3,20,21,22). The number of aliphatic imine (C=N–C) groups is 1. The number of halogens is 1. The van der Waals surface area contributed by atoms with Gasteiger partial charge >= 0.3 is 0 Å². The lowest BCUT2D eigenvalue weighted by Crippen LogP contribution is -2.22. The predicted molar refractivity (Wildman–Crippen MR) is 96.9 cm³/mol. The molecule has 1 aliphatic carbocycles. The summed E-state index contributed by atoms with van der Waals surface area (Å²) < 4.78 is 37.0. The summed E-state index contributed by atoms with van der Waals surface area (Å²) in [5, 5.41) is 2.99. The largest absolute Gasteiger partial charge is 0.370 e. The zero-order valence-electron chi connectivity index (χ0n) is 13.9. The van der Waals surface area contributed by atoms with E-state index in [4.69, 9.17) is 5.73 Å². The number of aryl methyl sites for hydroxylation is 2. The third-order valence-corrected chi connectivity index (χ3v) is 5.35. The summed E-state index contributed by atoms with van der Waals surface area (Å²) >= 11 is 0. The van der Waals surface area contributed by atoms with Crippen molar-refractivity contribution in [2.75, 3.05) is 11.6 Å². The molecule has 7 heteroatoms. The summed E-state index contributed by atoms with van der Waals surface area (Å²) in [6.07, 6.45) is 4.41. The smallest absolute Gasteiger partial charge is 0.193 e. The summed E-state index contributed by atoms with van der Waals surface area (Å²) in [6, 6.07) is 9.73. The first kappa shape index (κ1) is 17.4. The number of nitrogens with two attached hydrogens (primary N) is 1. The van der Waals surface area contributed by atoms with Crippen LogP contribution in [0.25, 0.3) is 0 Å². The number of fused-ring (bicyclic) bond motifs is 1. The zero-order valence-corrected chi connectivity index (χ0v) is 14.7. The second-order valence-electron chi connectivity index (χ2n) is 6.19. The third-order valence-electron chi connectivity index (χ3n) is 4.24. The summed E-state index contributed by atoms with van der Waals surface area (Å²) in [6.45, 7) is -0.0427. The van der Waals surface area contributed by atoms with Crippen molar-refractivity contribution >= 4 is 21.5 Å². The van der Waals surface area contributed by atoms with Crippen LogP contribution in [-0.2, 0) is 29.2 Å². The quantitative estimate of drug-likeness (QED) is 0.498. The predicted octanol–water partition coefficient (Wildman–Crippen LogP) is 2.64. The molecule has 3 N–H and O–H groups in total. The van der Waals surface area contributed by atoms with Gasteiger partial charge in [-0.3, -0.25) is 0 Å². The van der Waals surface area contributed by atoms with Crippen molar-refractivity contribution in [2.24, 2.45) is 10.7 Å². The molecule has 0 fully saturated rings. The molecule has 1 aliphatic rings. The van der Waals surface area contributed by atoms with Gasteiger partial charge in [-0.1, -0.05) is 6.07 Å². The minimum absolute atomic E-state index is 0.0427. The van der Waals surface area contributed by atoms with Crippen LogP contribution in [-0.4, -0.2) is 20.6 Å². The molecule has 2 aromatic carbocycles. The summed E-state index contributed by atoms with van der Waals surface area (Å²) in [4.78, 5) is 4.18. The van der Waals surface area contributed by atoms with Gasteiger partial charge in [-0.25, -0.2) is 17.8 Å². The minimum Gasteiger partial charge on any atom is -0.370 e. The monoisotopic (exact) mass is 361 g/mol. The van der Waals surface area contributed by atoms with E-state index in [-0.39, 0.29) is 23.0 Å². The molecular weight excluding hydrogens is 341 g/mol. The maximum absolute atomic E-state index is 13.9. The van der Waals surface area contributed by atoms with Gasteiger partial charge in [-0.15, -0.1) is 0 Å². The molecular formula is C18H20FN3O2S. The van der Waals surface area contributed by atoms with E-state index in [1.807, 2.05) is 6.07 Å². The Hall–Kier alpha value is -2.41. The van der Waals surface area contributed by atoms with Gasteiger partial charge in [0.1, 0.15) is 5.82 Å². The molecule has 0 spiro atoms. The lowest BCUT2D eigenvalue weighted by molar-refractivity contribution is 0.597. The number of sulfone groups is 1. The molecule has 0 radical (unpaired) electrons. The van der Waals surface area contributed by atoms with E-state index in [1.54, 1.807) is 0 Å². The molecule has 0 unspecified atom stereocenters. The van der Waals surface area contributed by atoms with Gasteiger partial charge < -0.3 is 11.1 Å². The van der Waals surface area contributed by atoms with Crippen molar-refractivity contribution < 1.29 is 12.8 Å². The maximum Gasteiger partial charge on any atom is 0.193 e. The maximum atomic E-state index is 13.9. The van der Waals surface area contributed by atoms with Crippen molar-refractivity contribution in [1.29, 1.82) is 0 Å². The van der Waals surface area contributed by atoms with E-state index in [2.05, 4.69) is 22.4 Å².